The van der Waals surface area contributed by atoms with E-state index in [2.05, 4.69) is 21.4 Å². The summed E-state index contributed by atoms with van der Waals surface area (Å²) in [4.78, 5) is 19.5. The maximum absolute atomic E-state index is 12.0. The van der Waals surface area contributed by atoms with E-state index in [0.29, 0.717) is 12.3 Å². The van der Waals surface area contributed by atoms with Gasteiger partial charge in [0.15, 0.2) is 0 Å². The summed E-state index contributed by atoms with van der Waals surface area (Å²) in [7, 11) is 1.64. The van der Waals surface area contributed by atoms with Gasteiger partial charge in [-0.15, -0.1) is 0 Å². The van der Waals surface area contributed by atoms with Crippen LogP contribution in [0.3, 0.4) is 0 Å². The number of benzene rings is 1. The number of ether oxygens (including phenoxy) is 1. The van der Waals surface area contributed by atoms with Gasteiger partial charge in [-0.05, 0) is 43.0 Å². The third-order valence-corrected chi connectivity index (χ3v) is 4.37. The number of anilines is 1. The average Bonchev–Trinajstić information content (AvgIpc) is 3.27. The molecular weight excluding hydrogens is 302 g/mol. The van der Waals surface area contributed by atoms with Gasteiger partial charge in [0.05, 0.1) is 7.11 Å². The molecule has 1 saturated carbocycles. The van der Waals surface area contributed by atoms with E-state index in [1.54, 1.807) is 7.11 Å². The van der Waals surface area contributed by atoms with Crippen molar-refractivity contribution in [3.8, 4) is 16.9 Å². The molecule has 5 nitrogen and oxygen atoms in total. The molecule has 0 radical (unpaired) electrons. The van der Waals surface area contributed by atoms with Crippen molar-refractivity contribution >= 4 is 22.6 Å². The molecule has 2 heterocycles. The minimum absolute atomic E-state index is 0.0720. The van der Waals surface area contributed by atoms with Crippen LogP contribution < -0.4 is 10.1 Å². The molecule has 0 bridgehead atoms. The fraction of sp³-hybridized carbons (Fsp3) is 0.263. The number of nitrogens with one attached hydrogen (secondary N) is 2. The lowest BCUT2D eigenvalue weighted by Gasteiger charge is -2.12. The second-order valence-electron chi connectivity index (χ2n) is 6.25. The molecule has 1 aliphatic carbocycles. The molecule has 1 aliphatic rings. The highest BCUT2D eigenvalue weighted by molar-refractivity contribution is 5.92. The second kappa shape index (κ2) is 6.00. The van der Waals surface area contributed by atoms with Crippen molar-refractivity contribution in [3.05, 3.63) is 42.7 Å². The molecule has 0 atom stereocenters. The number of aromatic amines is 1. The van der Waals surface area contributed by atoms with E-state index >= 15 is 0 Å². The van der Waals surface area contributed by atoms with E-state index in [9.17, 15) is 4.79 Å². The van der Waals surface area contributed by atoms with Crippen LogP contribution in [-0.4, -0.2) is 23.0 Å². The van der Waals surface area contributed by atoms with Gasteiger partial charge in [0.25, 0.3) is 0 Å². The number of carbonyl (C=O) groups excluding carboxylic acids is 1. The highest BCUT2D eigenvalue weighted by Crippen LogP contribution is 2.35. The Hall–Kier alpha value is -2.82. The molecule has 0 aliphatic heterocycles. The maximum Gasteiger partial charge on any atom is 0.224 e. The van der Waals surface area contributed by atoms with Crippen LogP contribution in [0, 0.1) is 5.92 Å². The summed E-state index contributed by atoms with van der Waals surface area (Å²) >= 11 is 0. The zero-order valence-electron chi connectivity index (χ0n) is 13.5. The van der Waals surface area contributed by atoms with Crippen LogP contribution in [0.5, 0.6) is 5.75 Å². The number of fused-ring (bicyclic) bond motifs is 1. The fourth-order valence-corrected chi connectivity index (χ4v) is 2.89. The van der Waals surface area contributed by atoms with Crippen LogP contribution in [0.1, 0.15) is 19.3 Å². The number of methoxy groups -OCH3 is 1. The highest BCUT2D eigenvalue weighted by Gasteiger charge is 2.24. The Morgan fingerprint density at radius 3 is 3.00 bits per heavy atom. The van der Waals surface area contributed by atoms with Gasteiger partial charge >= 0.3 is 0 Å². The molecule has 0 spiro atoms. The number of aromatic nitrogens is 2. The van der Waals surface area contributed by atoms with E-state index in [4.69, 9.17) is 4.74 Å². The molecule has 24 heavy (non-hydrogen) atoms. The van der Waals surface area contributed by atoms with E-state index in [1.807, 2.05) is 36.7 Å². The van der Waals surface area contributed by atoms with E-state index < -0.39 is 0 Å². The average molecular weight is 321 g/mol. The zero-order chi connectivity index (χ0) is 16.5. The Kier molecular flexibility index (Phi) is 3.69. The molecule has 0 saturated heterocycles. The van der Waals surface area contributed by atoms with Crippen LogP contribution in [0.2, 0.25) is 0 Å². The molecule has 122 valence electrons. The Bertz CT molecular complexity index is 897. The molecular formula is C19H19N3O2. The molecule has 2 aromatic heterocycles. The number of hydrogen-bond donors (Lipinski definition) is 2. The van der Waals surface area contributed by atoms with Crippen molar-refractivity contribution in [1.82, 2.24) is 9.97 Å². The number of hydrogen-bond acceptors (Lipinski definition) is 3. The second-order valence-corrected chi connectivity index (χ2v) is 6.25. The van der Waals surface area contributed by atoms with Crippen molar-refractivity contribution in [2.45, 2.75) is 19.3 Å². The van der Waals surface area contributed by atoms with Crippen LogP contribution in [0.25, 0.3) is 22.2 Å². The SMILES string of the molecule is COc1cc(NC(=O)CC2CC2)ccc1-c1cnc2[nH]ccc2c1. The summed E-state index contributed by atoms with van der Waals surface area (Å²) in [6, 6.07) is 9.79. The quantitative estimate of drug-likeness (QED) is 0.747. The third-order valence-electron chi connectivity index (χ3n) is 4.37. The number of pyridine rings is 1. The van der Waals surface area contributed by atoms with Crippen LogP contribution in [-0.2, 0) is 4.79 Å². The fourth-order valence-electron chi connectivity index (χ4n) is 2.89. The first-order chi connectivity index (χ1) is 11.7. The molecule has 1 fully saturated rings. The van der Waals surface area contributed by atoms with Crippen molar-refractivity contribution in [3.63, 3.8) is 0 Å². The van der Waals surface area contributed by atoms with Gasteiger partial charge in [0.2, 0.25) is 5.91 Å². The summed E-state index contributed by atoms with van der Waals surface area (Å²) < 4.78 is 5.52. The lowest BCUT2D eigenvalue weighted by molar-refractivity contribution is -0.116. The van der Waals surface area contributed by atoms with Crippen LogP contribution >= 0.6 is 0 Å². The first-order valence-corrected chi connectivity index (χ1v) is 8.14. The van der Waals surface area contributed by atoms with Crippen LogP contribution in [0.4, 0.5) is 5.69 Å². The number of rotatable bonds is 5. The third kappa shape index (κ3) is 2.97. The Balaban J connectivity index is 1.61. The van der Waals surface area contributed by atoms with Gasteiger partial charge in [-0.2, -0.15) is 0 Å². The first kappa shape index (κ1) is 14.8. The van der Waals surface area contributed by atoms with Gasteiger partial charge in [-0.1, -0.05) is 0 Å². The molecule has 1 aromatic carbocycles. The van der Waals surface area contributed by atoms with Gasteiger partial charge in [-0.3, -0.25) is 4.79 Å². The van der Waals surface area contributed by atoms with Crippen molar-refractivity contribution in [1.29, 1.82) is 0 Å². The minimum Gasteiger partial charge on any atom is -0.496 e. The zero-order valence-corrected chi connectivity index (χ0v) is 13.5. The lowest BCUT2D eigenvalue weighted by atomic mass is 10.0. The predicted octanol–water partition coefficient (Wildman–Crippen LogP) is 3.98. The van der Waals surface area contributed by atoms with Gasteiger partial charge in [-0.25, -0.2) is 4.98 Å². The smallest absolute Gasteiger partial charge is 0.224 e. The molecule has 4 rings (SSSR count). The van der Waals surface area contributed by atoms with E-state index in [1.165, 1.54) is 12.8 Å². The lowest BCUT2D eigenvalue weighted by Crippen LogP contribution is -2.11. The van der Waals surface area contributed by atoms with Crippen molar-refractivity contribution in [2.24, 2.45) is 5.92 Å². The standard InChI is InChI=1S/C19H19N3O2/c1-24-17-10-15(22-18(23)8-12-2-3-12)4-5-16(17)14-9-13-6-7-20-19(13)21-11-14/h4-7,9-12H,2-3,8H2,1H3,(H,20,21)(H,22,23). The van der Waals surface area contributed by atoms with Gasteiger partial charge < -0.3 is 15.0 Å². The van der Waals surface area contributed by atoms with Crippen molar-refractivity contribution in [2.75, 3.05) is 12.4 Å². The topological polar surface area (TPSA) is 67.0 Å². The summed E-state index contributed by atoms with van der Waals surface area (Å²) in [5.41, 5.74) is 3.56. The number of H-pyrrole nitrogens is 1. The monoisotopic (exact) mass is 321 g/mol. The maximum atomic E-state index is 12.0. The van der Waals surface area contributed by atoms with E-state index in [0.717, 1.165) is 33.6 Å². The first-order valence-electron chi connectivity index (χ1n) is 8.14. The number of amides is 1. The van der Waals surface area contributed by atoms with E-state index in [-0.39, 0.29) is 5.91 Å². The molecule has 2 N–H and O–H groups in total. The normalized spacial score (nSPS) is 13.9. The Morgan fingerprint density at radius 2 is 2.21 bits per heavy atom. The number of carbonyl (C=O) groups is 1. The highest BCUT2D eigenvalue weighted by atomic mass is 16.5. The summed E-state index contributed by atoms with van der Waals surface area (Å²) in [5, 5.41) is 4.00. The van der Waals surface area contributed by atoms with Crippen LogP contribution in [0.15, 0.2) is 42.7 Å². The Labute approximate surface area is 140 Å². The van der Waals surface area contributed by atoms with Gasteiger partial charge in [0.1, 0.15) is 11.4 Å². The molecule has 1 amide bonds. The molecule has 5 heteroatoms. The number of nitrogens with zero attached hydrogens (tertiary/aromatic N) is 1. The largest absolute Gasteiger partial charge is 0.496 e. The van der Waals surface area contributed by atoms with Crippen molar-refractivity contribution < 1.29 is 9.53 Å². The van der Waals surface area contributed by atoms with Gasteiger partial charge in [0, 0.05) is 47.1 Å². The predicted molar refractivity (Wildman–Crippen MR) is 94.1 cm³/mol. The summed E-state index contributed by atoms with van der Waals surface area (Å²) in [6.45, 7) is 0. The summed E-state index contributed by atoms with van der Waals surface area (Å²) in [6.07, 6.45) is 6.64. The Morgan fingerprint density at radius 1 is 1.33 bits per heavy atom. The minimum atomic E-state index is 0.0720. The molecule has 3 aromatic rings. The molecule has 0 unspecified atom stereocenters. The summed E-state index contributed by atoms with van der Waals surface area (Å²) in [5.74, 6) is 1.36.